The summed E-state index contributed by atoms with van der Waals surface area (Å²) in [5.41, 5.74) is 0. The maximum Gasteiger partial charge on any atom is 0.244 e. The third-order valence-electron chi connectivity index (χ3n) is 2.84. The lowest BCUT2D eigenvalue weighted by atomic mass is 10.3. The van der Waals surface area contributed by atoms with E-state index in [9.17, 15) is 8.42 Å². The molecule has 1 aromatic heterocycles. The molecule has 0 aliphatic heterocycles. The largest absolute Gasteiger partial charge is 0.369 e. The molecular formula is C12H17ClN4O2S. The zero-order valence-corrected chi connectivity index (χ0v) is 13.2. The van der Waals surface area contributed by atoms with E-state index in [2.05, 4.69) is 10.3 Å². The lowest BCUT2D eigenvalue weighted by molar-refractivity contribution is 0.393. The number of anilines is 1. The van der Waals surface area contributed by atoms with Crippen molar-refractivity contribution in [3.05, 3.63) is 17.3 Å². The van der Waals surface area contributed by atoms with Crippen molar-refractivity contribution in [2.45, 2.75) is 31.2 Å². The summed E-state index contributed by atoms with van der Waals surface area (Å²) in [7, 11) is -2.27. The number of rotatable bonds is 6. The SMILES string of the molecule is CCNc1ncc(S(=O)(=O)N(C)C(C)CC#N)cc1Cl. The maximum absolute atomic E-state index is 12.4. The summed E-state index contributed by atoms with van der Waals surface area (Å²) in [4.78, 5) is 4.02. The van der Waals surface area contributed by atoms with Crippen LogP contribution in [-0.2, 0) is 10.0 Å². The Hall–Kier alpha value is -1.36. The highest BCUT2D eigenvalue weighted by atomic mass is 35.5. The Bertz CT molecular complexity index is 612. The predicted octanol–water partition coefficient (Wildman–Crippen LogP) is 2.09. The molecule has 1 aromatic rings. The molecular weight excluding hydrogens is 300 g/mol. The minimum absolute atomic E-state index is 0.0106. The van der Waals surface area contributed by atoms with Crippen LogP contribution in [0.4, 0.5) is 5.82 Å². The summed E-state index contributed by atoms with van der Waals surface area (Å²) < 4.78 is 25.9. The molecule has 20 heavy (non-hydrogen) atoms. The first kappa shape index (κ1) is 16.7. The van der Waals surface area contributed by atoms with Crippen LogP contribution in [0.25, 0.3) is 0 Å². The number of hydrogen-bond donors (Lipinski definition) is 1. The van der Waals surface area contributed by atoms with Gasteiger partial charge >= 0.3 is 0 Å². The van der Waals surface area contributed by atoms with E-state index in [1.807, 2.05) is 13.0 Å². The Labute approximate surface area is 124 Å². The topological polar surface area (TPSA) is 86.1 Å². The Balaban J connectivity index is 3.10. The summed E-state index contributed by atoms with van der Waals surface area (Å²) in [6.45, 7) is 4.20. The Kier molecular flexibility index (Phi) is 5.74. The summed E-state index contributed by atoms with van der Waals surface area (Å²) in [5, 5.41) is 11.8. The van der Waals surface area contributed by atoms with E-state index in [0.717, 1.165) is 4.31 Å². The molecule has 0 aromatic carbocycles. The predicted molar refractivity (Wildman–Crippen MR) is 78.1 cm³/mol. The molecule has 0 aliphatic carbocycles. The first-order chi connectivity index (χ1) is 9.34. The number of sulfonamides is 1. The van der Waals surface area contributed by atoms with Crippen molar-refractivity contribution in [3.63, 3.8) is 0 Å². The zero-order chi connectivity index (χ0) is 15.3. The van der Waals surface area contributed by atoms with Crippen LogP contribution in [-0.4, -0.2) is 37.3 Å². The van der Waals surface area contributed by atoms with Crippen LogP contribution in [0, 0.1) is 11.3 Å². The summed E-state index contributed by atoms with van der Waals surface area (Å²) in [6.07, 6.45) is 1.38. The average molecular weight is 317 g/mol. The van der Waals surface area contributed by atoms with E-state index in [1.165, 1.54) is 19.3 Å². The molecule has 0 saturated carbocycles. The third kappa shape index (κ3) is 3.60. The number of nitrogens with zero attached hydrogens (tertiary/aromatic N) is 3. The molecule has 1 rings (SSSR count). The second-order valence-corrected chi connectivity index (χ2v) is 6.67. The number of aromatic nitrogens is 1. The monoisotopic (exact) mass is 316 g/mol. The van der Waals surface area contributed by atoms with Gasteiger partial charge in [0.2, 0.25) is 10.0 Å². The second-order valence-electron chi connectivity index (χ2n) is 4.26. The molecule has 1 heterocycles. The smallest absolute Gasteiger partial charge is 0.244 e. The first-order valence-corrected chi connectivity index (χ1v) is 7.90. The summed E-state index contributed by atoms with van der Waals surface area (Å²) in [6, 6.07) is 2.89. The molecule has 0 fully saturated rings. The van der Waals surface area contributed by atoms with Gasteiger partial charge in [-0.2, -0.15) is 9.57 Å². The van der Waals surface area contributed by atoms with Crippen LogP contribution >= 0.6 is 11.6 Å². The highest BCUT2D eigenvalue weighted by molar-refractivity contribution is 7.89. The highest BCUT2D eigenvalue weighted by Gasteiger charge is 2.26. The molecule has 1 atom stereocenters. The molecule has 1 unspecified atom stereocenters. The Morgan fingerprint density at radius 1 is 1.60 bits per heavy atom. The minimum atomic E-state index is -3.71. The average Bonchev–Trinajstić information content (AvgIpc) is 2.40. The molecule has 0 radical (unpaired) electrons. The van der Waals surface area contributed by atoms with Crippen LogP contribution in [0.5, 0.6) is 0 Å². The minimum Gasteiger partial charge on any atom is -0.369 e. The van der Waals surface area contributed by atoms with E-state index in [-0.39, 0.29) is 16.3 Å². The van der Waals surface area contributed by atoms with Crippen molar-refractivity contribution >= 4 is 27.4 Å². The molecule has 0 spiro atoms. The van der Waals surface area contributed by atoms with Gasteiger partial charge in [0.15, 0.2) is 0 Å². The second kappa shape index (κ2) is 6.88. The van der Waals surface area contributed by atoms with Gasteiger partial charge in [-0.1, -0.05) is 11.6 Å². The molecule has 8 heteroatoms. The molecule has 0 saturated heterocycles. The maximum atomic E-state index is 12.4. The van der Waals surface area contributed by atoms with E-state index in [4.69, 9.17) is 16.9 Å². The fraction of sp³-hybridized carbons (Fsp3) is 0.500. The van der Waals surface area contributed by atoms with E-state index < -0.39 is 16.1 Å². The van der Waals surface area contributed by atoms with Gasteiger partial charge in [-0.25, -0.2) is 13.4 Å². The van der Waals surface area contributed by atoms with Gasteiger partial charge in [0.25, 0.3) is 0 Å². The van der Waals surface area contributed by atoms with Crippen LogP contribution in [0.3, 0.4) is 0 Å². The number of halogens is 1. The quantitative estimate of drug-likeness (QED) is 0.868. The lowest BCUT2D eigenvalue weighted by Crippen LogP contribution is -2.34. The molecule has 1 N–H and O–H groups in total. The summed E-state index contributed by atoms with van der Waals surface area (Å²) in [5.74, 6) is 0.445. The molecule has 0 aliphatic rings. The number of hydrogen-bond acceptors (Lipinski definition) is 5. The summed E-state index contributed by atoms with van der Waals surface area (Å²) >= 11 is 6.00. The van der Waals surface area contributed by atoms with Crippen LogP contribution in [0.1, 0.15) is 20.3 Å². The van der Waals surface area contributed by atoms with Crippen molar-refractivity contribution in [2.75, 3.05) is 18.9 Å². The molecule has 0 bridgehead atoms. The molecule has 6 nitrogen and oxygen atoms in total. The van der Waals surface area contributed by atoms with Gasteiger partial charge in [-0.15, -0.1) is 0 Å². The van der Waals surface area contributed by atoms with Gasteiger partial charge in [0, 0.05) is 25.8 Å². The van der Waals surface area contributed by atoms with Crippen molar-refractivity contribution in [1.29, 1.82) is 5.26 Å². The van der Waals surface area contributed by atoms with E-state index in [1.54, 1.807) is 6.92 Å². The molecule has 110 valence electrons. The fourth-order valence-corrected chi connectivity index (χ4v) is 3.15. The van der Waals surface area contributed by atoms with Gasteiger partial charge in [-0.3, -0.25) is 0 Å². The van der Waals surface area contributed by atoms with Gasteiger partial charge in [0.05, 0.1) is 17.5 Å². The zero-order valence-electron chi connectivity index (χ0n) is 11.6. The normalized spacial score (nSPS) is 13.0. The van der Waals surface area contributed by atoms with Crippen molar-refractivity contribution < 1.29 is 8.42 Å². The number of pyridine rings is 1. The fourth-order valence-electron chi connectivity index (χ4n) is 1.52. The Morgan fingerprint density at radius 3 is 2.75 bits per heavy atom. The number of nitrogens with one attached hydrogen (secondary N) is 1. The highest BCUT2D eigenvalue weighted by Crippen LogP contribution is 2.25. The van der Waals surface area contributed by atoms with Gasteiger partial charge < -0.3 is 5.32 Å². The van der Waals surface area contributed by atoms with Crippen LogP contribution in [0.2, 0.25) is 5.02 Å². The van der Waals surface area contributed by atoms with Crippen molar-refractivity contribution in [1.82, 2.24) is 9.29 Å². The van der Waals surface area contributed by atoms with E-state index >= 15 is 0 Å². The van der Waals surface area contributed by atoms with Crippen LogP contribution < -0.4 is 5.32 Å². The Morgan fingerprint density at radius 2 is 2.25 bits per heavy atom. The number of nitriles is 1. The standard InChI is InChI=1S/C12H17ClN4O2S/c1-4-15-12-11(13)7-10(8-16-12)20(18,19)17(3)9(2)5-6-14/h7-9H,4-5H2,1-3H3,(H,15,16). The first-order valence-electron chi connectivity index (χ1n) is 6.09. The van der Waals surface area contributed by atoms with E-state index in [0.29, 0.717) is 12.4 Å². The lowest BCUT2D eigenvalue weighted by Gasteiger charge is -2.22. The van der Waals surface area contributed by atoms with Gasteiger partial charge in [0.1, 0.15) is 10.7 Å². The van der Waals surface area contributed by atoms with Crippen LogP contribution in [0.15, 0.2) is 17.2 Å². The third-order valence-corrected chi connectivity index (χ3v) is 5.07. The van der Waals surface area contributed by atoms with Crippen molar-refractivity contribution in [2.24, 2.45) is 0 Å². The van der Waals surface area contributed by atoms with Crippen molar-refractivity contribution in [3.8, 4) is 6.07 Å². The molecule has 0 amide bonds. The van der Waals surface area contributed by atoms with Gasteiger partial charge in [-0.05, 0) is 19.9 Å².